The molecule has 1 aliphatic rings. The second-order valence-corrected chi connectivity index (χ2v) is 4.54. The fraction of sp³-hybridized carbons (Fsp3) is 0.538. The van der Waals surface area contributed by atoms with Gasteiger partial charge in [-0.1, -0.05) is 18.9 Å². The molecule has 0 amide bonds. The van der Waals surface area contributed by atoms with Gasteiger partial charge >= 0.3 is 0 Å². The fourth-order valence-electron chi connectivity index (χ4n) is 2.45. The monoisotopic (exact) mass is 226 g/mol. The molecule has 3 heteroatoms. The molecule has 1 nitrogen and oxygen atoms in total. The van der Waals surface area contributed by atoms with Crippen LogP contribution in [0.5, 0.6) is 0 Å². The van der Waals surface area contributed by atoms with E-state index < -0.39 is 11.6 Å². The standard InChI is InChI=1S/C13H16F2O/c14-10-5-6-12(13(15)8-10)9-3-1-2-4-11(16)7-9/h5-6,8-9,11,16H,1-4,7H2. The Morgan fingerprint density at radius 2 is 1.88 bits per heavy atom. The summed E-state index contributed by atoms with van der Waals surface area (Å²) in [6.45, 7) is 0. The topological polar surface area (TPSA) is 20.2 Å². The summed E-state index contributed by atoms with van der Waals surface area (Å²) in [5, 5.41) is 9.67. The van der Waals surface area contributed by atoms with E-state index in [-0.39, 0.29) is 12.0 Å². The highest BCUT2D eigenvalue weighted by molar-refractivity contribution is 5.23. The summed E-state index contributed by atoms with van der Waals surface area (Å²) in [6.07, 6.45) is 3.89. The largest absolute Gasteiger partial charge is 0.393 e. The average Bonchev–Trinajstić information content (AvgIpc) is 2.43. The molecule has 0 aromatic heterocycles. The van der Waals surface area contributed by atoms with Gasteiger partial charge in [0.1, 0.15) is 11.6 Å². The smallest absolute Gasteiger partial charge is 0.129 e. The Bertz CT molecular complexity index is 365. The highest BCUT2D eigenvalue weighted by Gasteiger charge is 2.22. The Labute approximate surface area is 94.1 Å². The van der Waals surface area contributed by atoms with Gasteiger partial charge in [0.25, 0.3) is 0 Å². The predicted octanol–water partition coefficient (Wildman–Crippen LogP) is 3.37. The van der Waals surface area contributed by atoms with Gasteiger partial charge in [0.2, 0.25) is 0 Å². The van der Waals surface area contributed by atoms with E-state index in [1.807, 2.05) is 0 Å². The van der Waals surface area contributed by atoms with Crippen LogP contribution < -0.4 is 0 Å². The molecule has 1 fully saturated rings. The van der Waals surface area contributed by atoms with Crippen LogP contribution in [0, 0.1) is 11.6 Å². The highest BCUT2D eigenvalue weighted by Crippen LogP contribution is 2.33. The molecule has 1 saturated carbocycles. The van der Waals surface area contributed by atoms with Crippen LogP contribution in [0.3, 0.4) is 0 Å². The molecule has 1 aromatic rings. The second-order valence-electron chi connectivity index (χ2n) is 4.54. The van der Waals surface area contributed by atoms with Gasteiger partial charge in [-0.2, -0.15) is 0 Å². The minimum absolute atomic E-state index is 0.0260. The fourth-order valence-corrected chi connectivity index (χ4v) is 2.45. The van der Waals surface area contributed by atoms with Crippen molar-refractivity contribution in [3.05, 3.63) is 35.4 Å². The first-order chi connectivity index (χ1) is 7.66. The van der Waals surface area contributed by atoms with E-state index in [4.69, 9.17) is 0 Å². The van der Waals surface area contributed by atoms with E-state index in [9.17, 15) is 13.9 Å². The number of rotatable bonds is 1. The number of aliphatic hydroxyl groups is 1. The van der Waals surface area contributed by atoms with Gasteiger partial charge in [-0.3, -0.25) is 0 Å². The zero-order valence-electron chi connectivity index (χ0n) is 9.13. The lowest BCUT2D eigenvalue weighted by atomic mass is 9.90. The normalized spacial score (nSPS) is 26.4. The van der Waals surface area contributed by atoms with Crippen LogP contribution in [-0.4, -0.2) is 11.2 Å². The maximum Gasteiger partial charge on any atom is 0.129 e. The van der Waals surface area contributed by atoms with Crippen LogP contribution in [0.15, 0.2) is 18.2 Å². The van der Waals surface area contributed by atoms with Gasteiger partial charge in [-0.15, -0.1) is 0 Å². The molecule has 0 radical (unpaired) electrons. The summed E-state index contributed by atoms with van der Waals surface area (Å²) >= 11 is 0. The Kier molecular flexibility index (Phi) is 3.54. The molecule has 2 rings (SSSR count). The maximum atomic E-state index is 13.6. The molecule has 0 heterocycles. The van der Waals surface area contributed by atoms with Gasteiger partial charge in [0, 0.05) is 6.07 Å². The third-order valence-electron chi connectivity index (χ3n) is 3.30. The van der Waals surface area contributed by atoms with Gasteiger partial charge in [-0.25, -0.2) is 8.78 Å². The number of hydrogen-bond donors (Lipinski definition) is 1. The molecule has 16 heavy (non-hydrogen) atoms. The molecular weight excluding hydrogens is 210 g/mol. The van der Waals surface area contributed by atoms with E-state index in [1.54, 1.807) is 0 Å². The molecule has 2 unspecified atom stereocenters. The van der Waals surface area contributed by atoms with Crippen molar-refractivity contribution in [1.29, 1.82) is 0 Å². The first-order valence-corrected chi connectivity index (χ1v) is 5.80. The molecule has 1 N–H and O–H groups in total. The predicted molar refractivity (Wildman–Crippen MR) is 58.2 cm³/mol. The average molecular weight is 226 g/mol. The minimum Gasteiger partial charge on any atom is -0.393 e. The van der Waals surface area contributed by atoms with Crippen molar-refractivity contribution >= 4 is 0 Å². The van der Waals surface area contributed by atoms with E-state index in [2.05, 4.69) is 0 Å². The van der Waals surface area contributed by atoms with Gasteiger partial charge in [0.05, 0.1) is 6.10 Å². The zero-order valence-corrected chi connectivity index (χ0v) is 9.13. The van der Waals surface area contributed by atoms with Crippen molar-refractivity contribution in [2.75, 3.05) is 0 Å². The van der Waals surface area contributed by atoms with Gasteiger partial charge < -0.3 is 5.11 Å². The van der Waals surface area contributed by atoms with Gasteiger partial charge in [0.15, 0.2) is 0 Å². The summed E-state index contributed by atoms with van der Waals surface area (Å²) in [5.41, 5.74) is 0.544. The summed E-state index contributed by atoms with van der Waals surface area (Å²) < 4.78 is 26.4. The maximum absolute atomic E-state index is 13.6. The molecule has 88 valence electrons. The van der Waals surface area contributed by atoms with Crippen LogP contribution >= 0.6 is 0 Å². The Morgan fingerprint density at radius 3 is 2.62 bits per heavy atom. The van der Waals surface area contributed by atoms with Crippen LogP contribution in [0.25, 0.3) is 0 Å². The molecule has 0 saturated heterocycles. The van der Waals surface area contributed by atoms with Crippen molar-refractivity contribution in [2.45, 2.75) is 44.1 Å². The van der Waals surface area contributed by atoms with Crippen molar-refractivity contribution in [2.24, 2.45) is 0 Å². The lowest BCUT2D eigenvalue weighted by molar-refractivity contribution is 0.151. The van der Waals surface area contributed by atoms with E-state index in [1.165, 1.54) is 12.1 Å². The number of hydrogen-bond acceptors (Lipinski definition) is 1. The molecule has 1 aromatic carbocycles. The molecule has 2 atom stereocenters. The first-order valence-electron chi connectivity index (χ1n) is 5.80. The third-order valence-corrected chi connectivity index (χ3v) is 3.30. The lowest BCUT2D eigenvalue weighted by Gasteiger charge is -2.17. The number of aliphatic hydroxyl groups excluding tert-OH is 1. The molecule has 0 bridgehead atoms. The third kappa shape index (κ3) is 2.59. The van der Waals surface area contributed by atoms with Crippen LogP contribution in [0.4, 0.5) is 8.78 Å². The molecule has 1 aliphatic carbocycles. The molecule has 0 spiro atoms. The van der Waals surface area contributed by atoms with Crippen molar-refractivity contribution in [3.8, 4) is 0 Å². The molecule has 0 aliphatic heterocycles. The zero-order chi connectivity index (χ0) is 11.5. The van der Waals surface area contributed by atoms with Crippen LogP contribution in [0.1, 0.15) is 43.6 Å². The molecular formula is C13H16F2O. The summed E-state index contributed by atoms with van der Waals surface area (Å²) in [6, 6.07) is 3.72. The Morgan fingerprint density at radius 1 is 1.12 bits per heavy atom. The number of halogens is 2. The van der Waals surface area contributed by atoms with Crippen molar-refractivity contribution in [1.82, 2.24) is 0 Å². The quantitative estimate of drug-likeness (QED) is 0.728. The lowest BCUT2D eigenvalue weighted by Crippen LogP contribution is -2.10. The Hall–Kier alpha value is -0.960. The SMILES string of the molecule is OC1CCCCC(c2ccc(F)cc2F)C1. The van der Waals surface area contributed by atoms with E-state index >= 15 is 0 Å². The summed E-state index contributed by atoms with van der Waals surface area (Å²) in [5.74, 6) is -1.01. The van der Waals surface area contributed by atoms with Crippen LogP contribution in [-0.2, 0) is 0 Å². The first kappa shape index (κ1) is 11.5. The second kappa shape index (κ2) is 4.91. The van der Waals surface area contributed by atoms with E-state index in [0.717, 1.165) is 31.7 Å². The van der Waals surface area contributed by atoms with E-state index in [0.29, 0.717) is 12.0 Å². The Balaban J connectivity index is 2.21. The van der Waals surface area contributed by atoms with Gasteiger partial charge in [-0.05, 0) is 36.8 Å². The minimum atomic E-state index is -0.546. The van der Waals surface area contributed by atoms with Crippen LogP contribution in [0.2, 0.25) is 0 Å². The summed E-state index contributed by atoms with van der Waals surface area (Å²) in [7, 11) is 0. The number of benzene rings is 1. The summed E-state index contributed by atoms with van der Waals surface area (Å²) in [4.78, 5) is 0. The van der Waals surface area contributed by atoms with Crippen molar-refractivity contribution in [3.63, 3.8) is 0 Å². The highest BCUT2D eigenvalue weighted by atomic mass is 19.1. The van der Waals surface area contributed by atoms with Crippen molar-refractivity contribution < 1.29 is 13.9 Å².